The summed E-state index contributed by atoms with van der Waals surface area (Å²) in [5.74, 6) is 1.30. The lowest BCUT2D eigenvalue weighted by Crippen LogP contribution is -2.13. The standard InChI is InChI=1S/C16H21N3O/c1-11-8-13(9-12(2)15(11)20)10-18-14-6-5-7-17-16(14)19(3)4/h5-9,18,20H,10H2,1-4H3. The van der Waals surface area contributed by atoms with Crippen LogP contribution in [-0.4, -0.2) is 24.2 Å². The number of phenols is 1. The molecule has 2 N–H and O–H groups in total. The van der Waals surface area contributed by atoms with Crippen LogP contribution in [0.5, 0.6) is 5.75 Å². The van der Waals surface area contributed by atoms with E-state index >= 15 is 0 Å². The smallest absolute Gasteiger partial charge is 0.151 e. The van der Waals surface area contributed by atoms with Gasteiger partial charge in [-0.1, -0.05) is 12.1 Å². The monoisotopic (exact) mass is 271 g/mol. The summed E-state index contributed by atoms with van der Waals surface area (Å²) in [5.41, 5.74) is 3.95. The second-order valence-corrected chi connectivity index (χ2v) is 5.20. The highest BCUT2D eigenvalue weighted by atomic mass is 16.3. The maximum atomic E-state index is 9.80. The number of hydrogen-bond acceptors (Lipinski definition) is 4. The van der Waals surface area contributed by atoms with Crippen LogP contribution in [0.3, 0.4) is 0 Å². The lowest BCUT2D eigenvalue weighted by atomic mass is 10.1. The molecule has 0 atom stereocenters. The second-order valence-electron chi connectivity index (χ2n) is 5.20. The maximum absolute atomic E-state index is 9.80. The van der Waals surface area contributed by atoms with Gasteiger partial charge in [0.05, 0.1) is 5.69 Å². The molecule has 1 aromatic carbocycles. The molecular formula is C16H21N3O. The Kier molecular flexibility index (Phi) is 4.13. The molecule has 0 bridgehead atoms. The quantitative estimate of drug-likeness (QED) is 0.897. The predicted molar refractivity (Wildman–Crippen MR) is 83.5 cm³/mol. The van der Waals surface area contributed by atoms with Gasteiger partial charge in [0.15, 0.2) is 5.82 Å². The van der Waals surface area contributed by atoms with Crippen LogP contribution in [0.4, 0.5) is 11.5 Å². The highest BCUT2D eigenvalue weighted by molar-refractivity contribution is 5.64. The van der Waals surface area contributed by atoms with Gasteiger partial charge in [-0.25, -0.2) is 4.98 Å². The molecular weight excluding hydrogens is 250 g/mol. The molecule has 106 valence electrons. The molecule has 0 saturated heterocycles. The van der Waals surface area contributed by atoms with Crippen LogP contribution < -0.4 is 10.2 Å². The Hall–Kier alpha value is -2.23. The first kappa shape index (κ1) is 14.2. The Morgan fingerprint density at radius 1 is 1.20 bits per heavy atom. The molecule has 0 aliphatic carbocycles. The molecule has 0 spiro atoms. The van der Waals surface area contributed by atoms with Gasteiger partial charge in [0.1, 0.15) is 5.75 Å². The van der Waals surface area contributed by atoms with Gasteiger partial charge in [0.2, 0.25) is 0 Å². The molecule has 0 unspecified atom stereocenters. The summed E-state index contributed by atoms with van der Waals surface area (Å²) in [6.45, 7) is 4.54. The van der Waals surface area contributed by atoms with Gasteiger partial charge in [-0.05, 0) is 42.7 Å². The van der Waals surface area contributed by atoms with Gasteiger partial charge < -0.3 is 15.3 Å². The number of hydrogen-bond donors (Lipinski definition) is 2. The van der Waals surface area contributed by atoms with Crippen LogP contribution >= 0.6 is 0 Å². The number of rotatable bonds is 4. The number of pyridine rings is 1. The fourth-order valence-electron chi connectivity index (χ4n) is 2.24. The Labute approximate surface area is 120 Å². The molecule has 0 fully saturated rings. The number of benzene rings is 1. The van der Waals surface area contributed by atoms with Crippen molar-refractivity contribution in [1.29, 1.82) is 0 Å². The van der Waals surface area contributed by atoms with Crippen molar-refractivity contribution in [3.8, 4) is 5.75 Å². The zero-order chi connectivity index (χ0) is 14.7. The lowest BCUT2D eigenvalue weighted by Gasteiger charge is -2.17. The minimum absolute atomic E-state index is 0.379. The highest BCUT2D eigenvalue weighted by Crippen LogP contribution is 2.25. The topological polar surface area (TPSA) is 48.4 Å². The summed E-state index contributed by atoms with van der Waals surface area (Å²) >= 11 is 0. The zero-order valence-corrected chi connectivity index (χ0v) is 12.4. The van der Waals surface area contributed by atoms with Crippen molar-refractivity contribution in [1.82, 2.24) is 4.98 Å². The van der Waals surface area contributed by atoms with Gasteiger partial charge in [-0.2, -0.15) is 0 Å². The van der Waals surface area contributed by atoms with Crippen LogP contribution in [0.1, 0.15) is 16.7 Å². The molecule has 4 heteroatoms. The van der Waals surface area contributed by atoms with Gasteiger partial charge in [0, 0.05) is 26.8 Å². The number of anilines is 2. The molecule has 2 rings (SSSR count). The van der Waals surface area contributed by atoms with Gasteiger partial charge in [-0.15, -0.1) is 0 Å². The Bertz CT molecular complexity index is 585. The molecule has 0 aliphatic rings. The van der Waals surface area contributed by atoms with E-state index in [4.69, 9.17) is 0 Å². The van der Waals surface area contributed by atoms with Crippen molar-refractivity contribution in [3.63, 3.8) is 0 Å². The fourth-order valence-corrected chi connectivity index (χ4v) is 2.24. The van der Waals surface area contributed by atoms with E-state index in [0.29, 0.717) is 12.3 Å². The molecule has 4 nitrogen and oxygen atoms in total. The second kappa shape index (κ2) is 5.82. The Balaban J connectivity index is 2.17. The number of phenolic OH excluding ortho intramolecular Hbond substituents is 1. The first-order valence-electron chi connectivity index (χ1n) is 6.64. The van der Waals surface area contributed by atoms with Crippen LogP contribution in [0, 0.1) is 13.8 Å². The van der Waals surface area contributed by atoms with Crippen LogP contribution in [-0.2, 0) is 6.54 Å². The SMILES string of the molecule is Cc1cc(CNc2cccnc2N(C)C)cc(C)c1O. The molecule has 0 amide bonds. The third kappa shape index (κ3) is 3.02. The summed E-state index contributed by atoms with van der Waals surface area (Å²) in [4.78, 5) is 6.34. The van der Waals surface area contributed by atoms with E-state index in [1.807, 2.05) is 57.1 Å². The molecule has 20 heavy (non-hydrogen) atoms. The van der Waals surface area contributed by atoms with E-state index in [1.165, 1.54) is 0 Å². The maximum Gasteiger partial charge on any atom is 0.151 e. The first-order chi connectivity index (χ1) is 9.49. The molecule has 0 saturated carbocycles. The Morgan fingerprint density at radius 2 is 1.85 bits per heavy atom. The van der Waals surface area contributed by atoms with E-state index < -0.39 is 0 Å². The summed E-state index contributed by atoms with van der Waals surface area (Å²) < 4.78 is 0. The third-order valence-corrected chi connectivity index (χ3v) is 3.24. The van der Waals surface area contributed by atoms with E-state index in [2.05, 4.69) is 10.3 Å². The normalized spacial score (nSPS) is 10.4. The van der Waals surface area contributed by atoms with Crippen molar-refractivity contribution < 1.29 is 5.11 Å². The van der Waals surface area contributed by atoms with E-state index in [9.17, 15) is 5.11 Å². The summed E-state index contributed by atoms with van der Waals surface area (Å²) in [6.07, 6.45) is 1.79. The van der Waals surface area contributed by atoms with Gasteiger partial charge >= 0.3 is 0 Å². The number of aryl methyl sites for hydroxylation is 2. The number of nitrogens with one attached hydrogen (secondary N) is 1. The molecule has 1 heterocycles. The van der Waals surface area contributed by atoms with Crippen molar-refractivity contribution in [2.75, 3.05) is 24.3 Å². The number of nitrogens with zero attached hydrogens (tertiary/aromatic N) is 2. The largest absolute Gasteiger partial charge is 0.507 e. The van der Waals surface area contributed by atoms with E-state index in [1.54, 1.807) is 6.20 Å². The van der Waals surface area contributed by atoms with Crippen molar-refractivity contribution in [2.24, 2.45) is 0 Å². The predicted octanol–water partition coefficient (Wildman–Crippen LogP) is 3.08. The minimum Gasteiger partial charge on any atom is -0.507 e. The molecule has 2 aromatic rings. The summed E-state index contributed by atoms with van der Waals surface area (Å²) in [5, 5.41) is 13.2. The molecule has 0 aliphatic heterocycles. The van der Waals surface area contributed by atoms with Crippen molar-refractivity contribution >= 4 is 11.5 Å². The summed E-state index contributed by atoms with van der Waals surface area (Å²) in [6, 6.07) is 7.94. The Morgan fingerprint density at radius 3 is 2.45 bits per heavy atom. The average molecular weight is 271 g/mol. The molecule has 1 aromatic heterocycles. The minimum atomic E-state index is 0.379. The van der Waals surface area contributed by atoms with Gasteiger partial charge in [0.25, 0.3) is 0 Å². The average Bonchev–Trinajstić information content (AvgIpc) is 2.42. The van der Waals surface area contributed by atoms with Crippen LogP contribution in [0.25, 0.3) is 0 Å². The van der Waals surface area contributed by atoms with Crippen molar-refractivity contribution in [3.05, 3.63) is 47.2 Å². The molecule has 0 radical (unpaired) electrons. The van der Waals surface area contributed by atoms with Gasteiger partial charge in [-0.3, -0.25) is 0 Å². The van der Waals surface area contributed by atoms with E-state index in [0.717, 1.165) is 28.2 Å². The lowest BCUT2D eigenvalue weighted by molar-refractivity contribution is 0.466. The summed E-state index contributed by atoms with van der Waals surface area (Å²) in [7, 11) is 3.95. The number of aromatic nitrogens is 1. The van der Waals surface area contributed by atoms with Crippen molar-refractivity contribution in [2.45, 2.75) is 20.4 Å². The number of aromatic hydroxyl groups is 1. The van der Waals surface area contributed by atoms with E-state index in [-0.39, 0.29) is 0 Å². The van der Waals surface area contributed by atoms with Crippen LogP contribution in [0.15, 0.2) is 30.5 Å². The fraction of sp³-hybridized carbons (Fsp3) is 0.312. The zero-order valence-electron chi connectivity index (χ0n) is 12.4. The third-order valence-electron chi connectivity index (χ3n) is 3.24. The highest BCUT2D eigenvalue weighted by Gasteiger charge is 2.06. The first-order valence-corrected chi connectivity index (χ1v) is 6.64. The van der Waals surface area contributed by atoms with Crippen LogP contribution in [0.2, 0.25) is 0 Å².